The number of aryl methyl sites for hydroxylation is 2. The average molecular weight is 473 g/mol. The zero-order valence-corrected chi connectivity index (χ0v) is 22.0. The largest absolute Gasteiger partial charge is 0.354 e. The van der Waals surface area contributed by atoms with E-state index >= 15 is 0 Å². The molecule has 5 nitrogen and oxygen atoms in total. The van der Waals surface area contributed by atoms with Crippen molar-refractivity contribution in [1.82, 2.24) is 20.2 Å². The van der Waals surface area contributed by atoms with Crippen LogP contribution in [0.2, 0.25) is 0 Å². The molecule has 3 heterocycles. The molecule has 2 fully saturated rings. The van der Waals surface area contributed by atoms with Gasteiger partial charge in [-0.3, -0.25) is 14.7 Å². The second kappa shape index (κ2) is 9.42. The first kappa shape index (κ1) is 24.1. The van der Waals surface area contributed by atoms with Crippen LogP contribution in [0, 0.1) is 13.8 Å². The molecule has 1 amide bonds. The fraction of sp³-hybridized carbons (Fsp3) is 0.533. The molecule has 2 N–H and O–H groups in total. The van der Waals surface area contributed by atoms with E-state index < -0.39 is 0 Å². The number of carbonyl (C=O) groups excluding carboxylic acids is 1. The number of benzene rings is 1. The minimum Gasteiger partial charge on any atom is -0.354 e. The van der Waals surface area contributed by atoms with Crippen molar-refractivity contribution in [2.24, 2.45) is 0 Å². The van der Waals surface area contributed by atoms with Gasteiger partial charge in [-0.1, -0.05) is 19.9 Å². The molecule has 1 aliphatic carbocycles. The molecular formula is C30H40N4O. The number of aromatic amines is 1. The molecule has 1 saturated heterocycles. The summed E-state index contributed by atoms with van der Waals surface area (Å²) in [5.41, 5.74) is 8.62. The molecule has 0 bridgehead atoms. The van der Waals surface area contributed by atoms with Crippen molar-refractivity contribution in [2.45, 2.75) is 84.1 Å². The Balaban J connectivity index is 1.32. The summed E-state index contributed by atoms with van der Waals surface area (Å²) in [5, 5.41) is 4.60. The monoisotopic (exact) mass is 472 g/mol. The van der Waals surface area contributed by atoms with E-state index in [0.717, 1.165) is 50.2 Å². The van der Waals surface area contributed by atoms with Crippen LogP contribution < -0.4 is 5.32 Å². The summed E-state index contributed by atoms with van der Waals surface area (Å²) in [6.45, 7) is 13.4. The summed E-state index contributed by atoms with van der Waals surface area (Å²) in [7, 11) is 0. The zero-order valence-electron chi connectivity index (χ0n) is 22.0. The number of rotatable bonds is 6. The summed E-state index contributed by atoms with van der Waals surface area (Å²) in [5.74, 6) is 1.15. The molecule has 0 unspecified atom stereocenters. The fourth-order valence-electron chi connectivity index (χ4n) is 6.13. The van der Waals surface area contributed by atoms with Gasteiger partial charge in [0.15, 0.2) is 0 Å². The lowest BCUT2D eigenvalue weighted by Crippen LogP contribution is -2.54. The lowest BCUT2D eigenvalue weighted by Gasteiger charge is -2.40. The molecule has 3 aromatic rings. The Morgan fingerprint density at radius 2 is 1.83 bits per heavy atom. The van der Waals surface area contributed by atoms with Gasteiger partial charge in [0.2, 0.25) is 5.91 Å². The normalized spacial score (nSPS) is 18.7. The van der Waals surface area contributed by atoms with Gasteiger partial charge in [0.25, 0.3) is 0 Å². The number of hydrogen-bond acceptors (Lipinski definition) is 3. The second-order valence-corrected chi connectivity index (χ2v) is 11.5. The van der Waals surface area contributed by atoms with Crippen LogP contribution in [0.25, 0.3) is 22.2 Å². The third-order valence-electron chi connectivity index (χ3n) is 8.13. The molecule has 2 aliphatic rings. The van der Waals surface area contributed by atoms with E-state index in [9.17, 15) is 4.79 Å². The van der Waals surface area contributed by atoms with Gasteiger partial charge in [0.05, 0.1) is 12.2 Å². The van der Waals surface area contributed by atoms with Crippen LogP contribution in [0.5, 0.6) is 0 Å². The minimum atomic E-state index is 0.0437. The SMILES string of the molecule is Cc1cc(-c2[nH]c3ccc(C4CCN(CC(=O)NC5(C)CCC5)CC4)cc3c2C(C)C)cc(C)n1. The Morgan fingerprint density at radius 1 is 1.14 bits per heavy atom. The van der Waals surface area contributed by atoms with E-state index in [1.165, 1.54) is 39.7 Å². The Kier molecular flexibility index (Phi) is 6.47. The smallest absolute Gasteiger partial charge is 0.234 e. The third kappa shape index (κ3) is 5.02. The number of hydrogen-bond donors (Lipinski definition) is 2. The molecule has 0 radical (unpaired) electrons. The maximum Gasteiger partial charge on any atom is 0.234 e. The van der Waals surface area contributed by atoms with Crippen molar-refractivity contribution in [2.75, 3.05) is 19.6 Å². The van der Waals surface area contributed by atoms with E-state index in [4.69, 9.17) is 0 Å². The summed E-state index contributed by atoms with van der Waals surface area (Å²) in [6, 6.07) is 11.4. The van der Waals surface area contributed by atoms with Crippen molar-refractivity contribution < 1.29 is 4.79 Å². The predicted molar refractivity (Wildman–Crippen MR) is 144 cm³/mol. The highest BCUT2D eigenvalue weighted by molar-refractivity contribution is 5.92. The van der Waals surface area contributed by atoms with E-state index in [1.807, 2.05) is 0 Å². The first-order valence-electron chi connectivity index (χ1n) is 13.4. The van der Waals surface area contributed by atoms with Crippen molar-refractivity contribution in [1.29, 1.82) is 0 Å². The number of likely N-dealkylation sites (tertiary alicyclic amines) is 1. The van der Waals surface area contributed by atoms with Gasteiger partial charge >= 0.3 is 0 Å². The number of amides is 1. The molecule has 5 rings (SSSR count). The second-order valence-electron chi connectivity index (χ2n) is 11.5. The summed E-state index contributed by atoms with van der Waals surface area (Å²) >= 11 is 0. The van der Waals surface area contributed by atoms with E-state index in [2.05, 4.69) is 85.1 Å². The first-order chi connectivity index (χ1) is 16.7. The zero-order chi connectivity index (χ0) is 24.7. The van der Waals surface area contributed by atoms with Gasteiger partial charge in [-0.2, -0.15) is 0 Å². The topological polar surface area (TPSA) is 61.0 Å². The van der Waals surface area contributed by atoms with Crippen LogP contribution in [0.1, 0.15) is 87.2 Å². The lowest BCUT2D eigenvalue weighted by atomic mass is 9.78. The van der Waals surface area contributed by atoms with Crippen molar-refractivity contribution >= 4 is 16.8 Å². The number of nitrogens with one attached hydrogen (secondary N) is 2. The molecule has 1 saturated carbocycles. The van der Waals surface area contributed by atoms with Crippen LogP contribution in [-0.4, -0.2) is 45.9 Å². The van der Waals surface area contributed by atoms with Crippen LogP contribution in [0.15, 0.2) is 30.3 Å². The number of H-pyrrole nitrogens is 1. The third-order valence-corrected chi connectivity index (χ3v) is 8.13. The molecule has 1 aromatic carbocycles. The van der Waals surface area contributed by atoms with Crippen LogP contribution in [0.3, 0.4) is 0 Å². The molecule has 1 aliphatic heterocycles. The van der Waals surface area contributed by atoms with Gasteiger partial charge in [0, 0.05) is 33.4 Å². The lowest BCUT2D eigenvalue weighted by molar-refractivity contribution is -0.125. The quantitative estimate of drug-likeness (QED) is 0.448. The Hall–Kier alpha value is -2.66. The molecule has 5 heteroatoms. The number of carbonyl (C=O) groups is 1. The molecule has 2 aromatic heterocycles. The molecule has 35 heavy (non-hydrogen) atoms. The summed E-state index contributed by atoms with van der Waals surface area (Å²) in [6.07, 6.45) is 5.67. The van der Waals surface area contributed by atoms with Crippen LogP contribution in [-0.2, 0) is 4.79 Å². The fourth-order valence-corrected chi connectivity index (χ4v) is 6.13. The van der Waals surface area contributed by atoms with Crippen molar-refractivity contribution in [3.63, 3.8) is 0 Å². The Bertz CT molecular complexity index is 1210. The van der Waals surface area contributed by atoms with Crippen LogP contribution in [0.4, 0.5) is 0 Å². The van der Waals surface area contributed by atoms with E-state index in [-0.39, 0.29) is 11.4 Å². The standard InChI is InChI=1S/C30H40N4O/c1-19(2)28-25-17-23(7-8-26(25)32-29(28)24-15-20(3)31-21(4)16-24)22-9-13-34(14-10-22)18-27(35)33-30(5)11-6-12-30/h7-8,15-17,19,22,32H,6,9-14,18H2,1-5H3,(H,33,35). The van der Waals surface area contributed by atoms with E-state index in [0.29, 0.717) is 18.4 Å². The van der Waals surface area contributed by atoms with Gasteiger partial charge in [-0.15, -0.1) is 0 Å². The van der Waals surface area contributed by atoms with E-state index in [1.54, 1.807) is 0 Å². The van der Waals surface area contributed by atoms with Crippen molar-refractivity contribution in [3.05, 3.63) is 52.8 Å². The Morgan fingerprint density at radius 3 is 2.43 bits per heavy atom. The molecule has 0 atom stereocenters. The molecule has 186 valence electrons. The molecule has 0 spiro atoms. The summed E-state index contributed by atoms with van der Waals surface area (Å²) in [4.78, 5) is 23.1. The van der Waals surface area contributed by atoms with Gasteiger partial charge in [-0.05, 0) is 113 Å². The highest BCUT2D eigenvalue weighted by Crippen LogP contribution is 2.38. The molecular weight excluding hydrogens is 432 g/mol. The Labute approximate surface area is 209 Å². The summed E-state index contributed by atoms with van der Waals surface area (Å²) < 4.78 is 0. The van der Waals surface area contributed by atoms with Crippen molar-refractivity contribution in [3.8, 4) is 11.3 Å². The maximum absolute atomic E-state index is 12.5. The van der Waals surface area contributed by atoms with Gasteiger partial charge in [-0.25, -0.2) is 0 Å². The van der Waals surface area contributed by atoms with Crippen LogP contribution >= 0.6 is 0 Å². The highest BCUT2D eigenvalue weighted by Gasteiger charge is 2.33. The number of fused-ring (bicyclic) bond motifs is 1. The highest BCUT2D eigenvalue weighted by atomic mass is 16.2. The number of nitrogens with zero attached hydrogens (tertiary/aromatic N) is 2. The van der Waals surface area contributed by atoms with Gasteiger partial charge in [0.1, 0.15) is 0 Å². The average Bonchev–Trinajstić information content (AvgIpc) is 3.17. The van der Waals surface area contributed by atoms with Gasteiger partial charge < -0.3 is 10.3 Å². The number of aromatic nitrogens is 2. The maximum atomic E-state index is 12.5. The predicted octanol–water partition coefficient (Wildman–Crippen LogP) is 6.21. The number of piperidine rings is 1. The first-order valence-corrected chi connectivity index (χ1v) is 13.4. The number of pyridine rings is 1. The minimum absolute atomic E-state index is 0.0437.